The Labute approximate surface area is 178 Å². The monoisotopic (exact) mass is 438 g/mol. The standard InChI is InChI=1S/C9H8S.C8H9FO.C3H6O2S.CO2/c1-7-3-2-4-8-5-6-10-9(7)8;1-6-4-3-5-7(10-2)8(6)9;1-5-3(4)2-6;2-1-3/h2-6H,1H3;3-5H,1-2H3;6H,2H2,1H3;. The van der Waals surface area contributed by atoms with Crippen LogP contribution in [-0.2, 0) is 19.1 Å². The van der Waals surface area contributed by atoms with E-state index in [0.29, 0.717) is 11.3 Å². The first kappa shape index (κ1) is 26.3. The van der Waals surface area contributed by atoms with Crippen LogP contribution < -0.4 is 4.74 Å². The molecule has 0 saturated heterocycles. The summed E-state index contributed by atoms with van der Waals surface area (Å²) in [5, 5.41) is 3.50. The molecule has 1 aromatic heterocycles. The number of carbonyl (C=O) groups is 1. The van der Waals surface area contributed by atoms with E-state index in [0.717, 1.165) is 0 Å². The van der Waals surface area contributed by atoms with E-state index in [-0.39, 0.29) is 23.7 Å². The lowest BCUT2D eigenvalue weighted by atomic mass is 10.2. The molecule has 0 aliphatic rings. The van der Waals surface area contributed by atoms with Crippen molar-refractivity contribution in [3.05, 3.63) is 64.8 Å². The molecule has 0 unspecified atom stereocenters. The Morgan fingerprint density at radius 1 is 1.07 bits per heavy atom. The minimum absolute atomic E-state index is 0.163. The molecular formula is C21H23FO5S2. The van der Waals surface area contributed by atoms with E-state index in [1.54, 1.807) is 25.1 Å². The van der Waals surface area contributed by atoms with Gasteiger partial charge in [-0.15, -0.1) is 11.3 Å². The van der Waals surface area contributed by atoms with Gasteiger partial charge in [0.05, 0.1) is 20.0 Å². The molecule has 8 heteroatoms. The number of benzene rings is 2. The van der Waals surface area contributed by atoms with E-state index in [4.69, 9.17) is 14.3 Å². The van der Waals surface area contributed by atoms with Crippen molar-refractivity contribution in [2.45, 2.75) is 13.8 Å². The molecule has 0 amide bonds. The van der Waals surface area contributed by atoms with Gasteiger partial charge < -0.3 is 9.47 Å². The van der Waals surface area contributed by atoms with Gasteiger partial charge in [-0.2, -0.15) is 22.2 Å². The van der Waals surface area contributed by atoms with Gasteiger partial charge in [0.1, 0.15) is 0 Å². The third-order valence-electron chi connectivity index (χ3n) is 3.41. The number of hydrogen-bond donors (Lipinski definition) is 1. The molecule has 0 bridgehead atoms. The third-order valence-corrected chi connectivity index (χ3v) is 4.73. The third kappa shape index (κ3) is 9.89. The average molecular weight is 439 g/mol. The molecular weight excluding hydrogens is 415 g/mol. The topological polar surface area (TPSA) is 69.7 Å². The van der Waals surface area contributed by atoms with Gasteiger partial charge in [0.2, 0.25) is 0 Å². The summed E-state index contributed by atoms with van der Waals surface area (Å²) in [6.45, 7) is 3.86. The van der Waals surface area contributed by atoms with Crippen LogP contribution >= 0.6 is 24.0 Å². The number of halogens is 1. The van der Waals surface area contributed by atoms with Crippen LogP contribution in [0.5, 0.6) is 5.75 Å². The molecule has 0 aliphatic heterocycles. The molecule has 5 nitrogen and oxygen atoms in total. The van der Waals surface area contributed by atoms with Gasteiger partial charge in [0.25, 0.3) is 0 Å². The van der Waals surface area contributed by atoms with Crippen molar-refractivity contribution in [2.75, 3.05) is 20.0 Å². The van der Waals surface area contributed by atoms with E-state index in [1.807, 2.05) is 11.3 Å². The molecule has 0 fully saturated rings. The molecule has 0 N–H and O–H groups in total. The number of fused-ring (bicyclic) bond motifs is 1. The van der Waals surface area contributed by atoms with Crippen molar-refractivity contribution >= 4 is 46.2 Å². The van der Waals surface area contributed by atoms with Crippen LogP contribution in [0, 0.1) is 19.7 Å². The minimum Gasteiger partial charge on any atom is -0.494 e. The lowest BCUT2D eigenvalue weighted by Crippen LogP contribution is -1.99. The Morgan fingerprint density at radius 3 is 2.10 bits per heavy atom. The average Bonchev–Trinajstić information content (AvgIpc) is 3.21. The van der Waals surface area contributed by atoms with Crippen molar-refractivity contribution in [1.82, 2.24) is 0 Å². The van der Waals surface area contributed by atoms with Gasteiger partial charge in [0, 0.05) is 4.70 Å². The molecule has 2 aromatic carbocycles. The summed E-state index contributed by atoms with van der Waals surface area (Å²) in [5.41, 5.74) is 1.99. The Kier molecular flexibility index (Phi) is 13.9. The van der Waals surface area contributed by atoms with Crippen LogP contribution in [-0.4, -0.2) is 32.1 Å². The normalized spacial score (nSPS) is 8.76. The highest BCUT2D eigenvalue weighted by molar-refractivity contribution is 7.81. The van der Waals surface area contributed by atoms with Crippen molar-refractivity contribution in [3.63, 3.8) is 0 Å². The van der Waals surface area contributed by atoms with Crippen molar-refractivity contribution in [3.8, 4) is 5.75 Å². The number of methoxy groups -OCH3 is 2. The fourth-order valence-corrected chi connectivity index (χ4v) is 2.99. The fourth-order valence-electron chi connectivity index (χ4n) is 1.99. The van der Waals surface area contributed by atoms with Gasteiger partial charge in [-0.1, -0.05) is 30.3 Å². The maximum absolute atomic E-state index is 12.9. The predicted octanol–water partition coefficient (Wildman–Crippen LogP) is 4.86. The largest absolute Gasteiger partial charge is 0.494 e. The number of rotatable bonds is 2. The fraction of sp³-hybridized carbons (Fsp3) is 0.238. The predicted molar refractivity (Wildman–Crippen MR) is 115 cm³/mol. The van der Waals surface area contributed by atoms with E-state index in [2.05, 4.69) is 53.9 Å². The first-order chi connectivity index (χ1) is 13.9. The highest BCUT2D eigenvalue weighted by Crippen LogP contribution is 2.23. The zero-order chi connectivity index (χ0) is 22.2. The van der Waals surface area contributed by atoms with Crippen LogP contribution in [0.1, 0.15) is 11.1 Å². The summed E-state index contributed by atoms with van der Waals surface area (Å²) in [5.74, 6) is -0.0976. The molecule has 0 saturated carbocycles. The number of hydrogen-bond acceptors (Lipinski definition) is 7. The lowest BCUT2D eigenvalue weighted by molar-refractivity contribution is -0.191. The number of aryl methyl sites for hydroxylation is 2. The summed E-state index contributed by atoms with van der Waals surface area (Å²) < 4.78 is 23.2. The Morgan fingerprint density at radius 2 is 1.66 bits per heavy atom. The second kappa shape index (κ2) is 15.3. The minimum atomic E-state index is -0.293. The second-order valence-corrected chi connectivity index (χ2v) is 6.55. The van der Waals surface area contributed by atoms with E-state index in [1.165, 1.54) is 29.9 Å². The van der Waals surface area contributed by atoms with E-state index < -0.39 is 0 Å². The maximum atomic E-state index is 12.9. The maximum Gasteiger partial charge on any atom is 0.373 e. The molecule has 0 radical (unpaired) electrons. The van der Waals surface area contributed by atoms with Crippen LogP contribution in [0.15, 0.2) is 47.8 Å². The van der Waals surface area contributed by atoms with Crippen LogP contribution in [0.25, 0.3) is 10.1 Å². The van der Waals surface area contributed by atoms with Crippen molar-refractivity contribution in [1.29, 1.82) is 0 Å². The van der Waals surface area contributed by atoms with Crippen LogP contribution in [0.2, 0.25) is 0 Å². The summed E-state index contributed by atoms with van der Waals surface area (Å²) in [4.78, 5) is 26.1. The van der Waals surface area contributed by atoms with Gasteiger partial charge in [-0.05, 0) is 47.9 Å². The lowest BCUT2D eigenvalue weighted by Gasteiger charge is -2.01. The highest BCUT2D eigenvalue weighted by atomic mass is 32.1. The molecule has 0 aliphatic carbocycles. The van der Waals surface area contributed by atoms with Gasteiger partial charge in [-0.25, -0.2) is 4.39 Å². The van der Waals surface area contributed by atoms with Gasteiger partial charge in [0.15, 0.2) is 11.6 Å². The summed E-state index contributed by atoms with van der Waals surface area (Å²) in [6, 6.07) is 13.6. The Bertz CT molecular complexity index is 912. The highest BCUT2D eigenvalue weighted by Gasteiger charge is 2.02. The zero-order valence-corrected chi connectivity index (χ0v) is 18.3. The molecule has 3 rings (SSSR count). The Balaban J connectivity index is 0.000000392. The molecule has 156 valence electrons. The number of thiol groups is 1. The molecule has 0 atom stereocenters. The summed E-state index contributed by atoms with van der Waals surface area (Å²) in [7, 11) is 2.79. The van der Waals surface area contributed by atoms with E-state index in [9.17, 15) is 9.18 Å². The van der Waals surface area contributed by atoms with Crippen LogP contribution in [0.4, 0.5) is 4.39 Å². The SMILES string of the molecule is COC(=O)CS.COc1cccc(C)c1F.Cc1cccc2ccsc12.O=C=O. The number of ether oxygens (including phenoxy) is 2. The number of thiophene rings is 1. The summed E-state index contributed by atoms with van der Waals surface area (Å²) in [6.07, 6.45) is 0.250. The Hall–Kier alpha value is -2.67. The van der Waals surface area contributed by atoms with E-state index >= 15 is 0 Å². The number of esters is 1. The zero-order valence-electron chi connectivity index (χ0n) is 16.6. The molecule has 1 heterocycles. The molecule has 29 heavy (non-hydrogen) atoms. The van der Waals surface area contributed by atoms with Gasteiger partial charge in [-0.3, -0.25) is 4.79 Å². The van der Waals surface area contributed by atoms with Crippen LogP contribution in [0.3, 0.4) is 0 Å². The molecule has 0 spiro atoms. The summed E-state index contributed by atoms with van der Waals surface area (Å²) >= 11 is 5.43. The van der Waals surface area contributed by atoms with Gasteiger partial charge >= 0.3 is 12.1 Å². The number of carbonyl (C=O) groups excluding carboxylic acids is 3. The van der Waals surface area contributed by atoms with Crippen molar-refractivity contribution in [2.24, 2.45) is 0 Å². The first-order valence-electron chi connectivity index (χ1n) is 8.25. The molecule has 3 aromatic rings. The van der Waals surface area contributed by atoms with Crippen molar-refractivity contribution < 1.29 is 28.2 Å². The smallest absolute Gasteiger partial charge is 0.373 e. The quantitative estimate of drug-likeness (QED) is 0.457. The second-order valence-electron chi connectivity index (χ2n) is 5.32. The first-order valence-corrected chi connectivity index (χ1v) is 9.76.